The summed E-state index contributed by atoms with van der Waals surface area (Å²) in [6, 6.07) is 17.9. The number of rotatable bonds is 8. The van der Waals surface area contributed by atoms with Crippen molar-refractivity contribution < 1.29 is 17.6 Å². The van der Waals surface area contributed by atoms with Crippen molar-refractivity contribution in [3.05, 3.63) is 112 Å². The minimum Gasteiger partial charge on any atom is -0.337 e. The van der Waals surface area contributed by atoms with E-state index in [2.05, 4.69) is 9.71 Å². The van der Waals surface area contributed by atoms with Crippen LogP contribution >= 0.6 is 11.6 Å². The molecule has 4 aromatic rings. The molecule has 212 valence electrons. The Morgan fingerprint density at radius 3 is 2.71 bits per heavy atom. The van der Waals surface area contributed by atoms with Gasteiger partial charge in [-0.3, -0.25) is 4.79 Å². The first kappa shape index (κ1) is 27.6. The van der Waals surface area contributed by atoms with Gasteiger partial charge in [0.1, 0.15) is 11.6 Å². The lowest BCUT2D eigenvalue weighted by Gasteiger charge is -2.29. The molecule has 1 saturated carbocycles. The van der Waals surface area contributed by atoms with Crippen LogP contribution in [-0.2, 0) is 34.8 Å². The quantitative estimate of drug-likeness (QED) is 0.276. The number of fused-ring (bicyclic) bond motifs is 1. The smallest absolute Gasteiger partial charge is 0.241 e. The first-order valence-corrected chi connectivity index (χ1v) is 15.5. The van der Waals surface area contributed by atoms with Crippen LogP contribution < -0.4 is 9.62 Å². The third-order valence-electron chi connectivity index (χ3n) is 8.06. The monoisotopic (exact) mass is 592 g/mol. The van der Waals surface area contributed by atoms with Gasteiger partial charge in [-0.15, -0.1) is 0 Å². The molecule has 2 aliphatic rings. The van der Waals surface area contributed by atoms with Gasteiger partial charge < -0.3 is 9.47 Å². The summed E-state index contributed by atoms with van der Waals surface area (Å²) in [4.78, 5) is 20.1. The molecule has 0 radical (unpaired) electrons. The van der Waals surface area contributed by atoms with Crippen molar-refractivity contribution in [3.8, 4) is 0 Å². The number of nitrogens with zero attached hydrogens (tertiary/aromatic N) is 3. The molecule has 0 bridgehead atoms. The van der Waals surface area contributed by atoms with E-state index in [9.17, 15) is 17.6 Å². The van der Waals surface area contributed by atoms with Crippen LogP contribution in [0.1, 0.15) is 53.7 Å². The van der Waals surface area contributed by atoms with E-state index in [0.29, 0.717) is 23.6 Å². The number of amides is 1. The molecule has 7 nitrogen and oxygen atoms in total. The van der Waals surface area contributed by atoms with Crippen LogP contribution in [0.2, 0.25) is 5.02 Å². The van der Waals surface area contributed by atoms with Gasteiger partial charge in [0.25, 0.3) is 0 Å². The molecule has 3 atom stereocenters. The van der Waals surface area contributed by atoms with Crippen LogP contribution in [0.3, 0.4) is 0 Å². The molecule has 6 rings (SSSR count). The van der Waals surface area contributed by atoms with Crippen LogP contribution in [0.5, 0.6) is 0 Å². The number of halogens is 2. The van der Waals surface area contributed by atoms with Gasteiger partial charge in [0.2, 0.25) is 15.9 Å². The van der Waals surface area contributed by atoms with Crippen molar-refractivity contribution in [3.63, 3.8) is 0 Å². The van der Waals surface area contributed by atoms with Crippen molar-refractivity contribution in [1.82, 2.24) is 14.3 Å². The molecule has 1 heterocycles. The van der Waals surface area contributed by atoms with E-state index in [1.807, 2.05) is 60.3 Å². The fourth-order valence-electron chi connectivity index (χ4n) is 5.74. The van der Waals surface area contributed by atoms with Gasteiger partial charge in [-0.25, -0.2) is 22.5 Å². The predicted molar refractivity (Wildman–Crippen MR) is 156 cm³/mol. The molecule has 0 aliphatic heterocycles. The van der Waals surface area contributed by atoms with Crippen LogP contribution in [0.4, 0.5) is 10.1 Å². The van der Waals surface area contributed by atoms with Gasteiger partial charge in [0, 0.05) is 42.1 Å². The van der Waals surface area contributed by atoms with Crippen LogP contribution in [-0.4, -0.2) is 23.9 Å². The van der Waals surface area contributed by atoms with E-state index in [4.69, 9.17) is 11.6 Å². The van der Waals surface area contributed by atoms with Crippen molar-refractivity contribution >= 4 is 33.2 Å². The van der Waals surface area contributed by atoms with E-state index < -0.39 is 21.9 Å². The molecule has 1 amide bonds. The average molecular weight is 593 g/mol. The van der Waals surface area contributed by atoms with Gasteiger partial charge >= 0.3 is 0 Å². The maximum absolute atomic E-state index is 14.0. The first-order valence-electron chi connectivity index (χ1n) is 13.6. The number of benzene rings is 3. The number of aryl methyl sites for hydroxylation is 2. The minimum atomic E-state index is -3.96. The van der Waals surface area contributed by atoms with E-state index >= 15 is 0 Å². The van der Waals surface area contributed by atoms with E-state index in [0.717, 1.165) is 41.4 Å². The average Bonchev–Trinajstić information content (AvgIpc) is 3.65. The van der Waals surface area contributed by atoms with Crippen molar-refractivity contribution in [2.24, 2.45) is 13.0 Å². The Morgan fingerprint density at radius 2 is 1.95 bits per heavy atom. The zero-order chi connectivity index (χ0) is 28.7. The van der Waals surface area contributed by atoms with Gasteiger partial charge in [0.05, 0.1) is 11.4 Å². The fraction of sp³-hybridized carbons (Fsp3) is 0.290. The summed E-state index contributed by atoms with van der Waals surface area (Å²) in [7, 11) is -2.08. The summed E-state index contributed by atoms with van der Waals surface area (Å²) in [5.41, 5.74) is 3.50. The van der Waals surface area contributed by atoms with Crippen LogP contribution in [0.15, 0.2) is 84.0 Å². The first-order chi connectivity index (χ1) is 19.7. The summed E-state index contributed by atoms with van der Waals surface area (Å²) in [5.74, 6) is -0.0743. The number of nitrogens with one attached hydrogen (secondary N) is 1. The highest BCUT2D eigenvalue weighted by atomic mass is 35.5. The zero-order valence-electron chi connectivity index (χ0n) is 22.5. The highest BCUT2D eigenvalue weighted by Crippen LogP contribution is 2.51. The lowest BCUT2D eigenvalue weighted by molar-refractivity contribution is -0.120. The summed E-state index contributed by atoms with van der Waals surface area (Å²) in [6.45, 7) is 0.270. The Morgan fingerprint density at radius 1 is 1.12 bits per heavy atom. The molecule has 1 N–H and O–H groups in total. The number of aromatic nitrogens is 2. The SMILES string of the molecule is Cn1ccnc1CN(C(=O)[C@@H]1C[C@@H]1c1ccccc1Cl)c1ccc2c(c1)[C@@H](NS(=O)(=O)c1cccc(F)c1)CCC2. The Kier molecular flexibility index (Phi) is 7.44. The highest BCUT2D eigenvalue weighted by molar-refractivity contribution is 7.89. The van der Waals surface area contributed by atoms with Crippen molar-refractivity contribution in [1.29, 1.82) is 0 Å². The van der Waals surface area contributed by atoms with Crippen LogP contribution in [0.25, 0.3) is 0 Å². The second-order valence-electron chi connectivity index (χ2n) is 10.8. The minimum absolute atomic E-state index is 0.0226. The molecule has 10 heteroatoms. The normalized spacial score (nSPS) is 19.9. The van der Waals surface area contributed by atoms with Gasteiger partial charge in [-0.1, -0.05) is 41.9 Å². The lowest BCUT2D eigenvalue weighted by atomic mass is 9.87. The Bertz CT molecular complexity index is 1720. The third-order valence-corrected chi connectivity index (χ3v) is 9.87. The maximum atomic E-state index is 14.0. The molecular formula is C31H30ClFN4O3S. The zero-order valence-corrected chi connectivity index (χ0v) is 24.1. The van der Waals surface area contributed by atoms with Gasteiger partial charge in [0.15, 0.2) is 0 Å². The number of carbonyl (C=O) groups excluding carboxylic acids is 1. The van der Waals surface area contributed by atoms with Crippen molar-refractivity contribution in [2.45, 2.75) is 49.1 Å². The molecule has 41 heavy (non-hydrogen) atoms. The van der Waals surface area contributed by atoms with E-state index in [-0.39, 0.29) is 29.2 Å². The predicted octanol–water partition coefficient (Wildman–Crippen LogP) is 5.91. The number of carbonyl (C=O) groups is 1. The lowest BCUT2D eigenvalue weighted by Crippen LogP contribution is -2.34. The maximum Gasteiger partial charge on any atom is 0.241 e. The highest BCUT2D eigenvalue weighted by Gasteiger charge is 2.47. The third kappa shape index (κ3) is 5.66. The molecule has 0 unspecified atom stereocenters. The largest absolute Gasteiger partial charge is 0.337 e. The number of imidazole rings is 1. The Labute approximate surface area is 244 Å². The second-order valence-corrected chi connectivity index (χ2v) is 12.9. The number of hydrogen-bond acceptors (Lipinski definition) is 4. The van der Waals surface area contributed by atoms with Gasteiger partial charge in [-0.2, -0.15) is 0 Å². The Balaban J connectivity index is 1.32. The van der Waals surface area contributed by atoms with E-state index in [1.165, 1.54) is 18.2 Å². The molecule has 0 spiro atoms. The molecule has 0 saturated heterocycles. The van der Waals surface area contributed by atoms with Crippen LogP contribution in [0, 0.1) is 11.7 Å². The summed E-state index contributed by atoms with van der Waals surface area (Å²) < 4.78 is 44.8. The van der Waals surface area contributed by atoms with E-state index in [1.54, 1.807) is 11.1 Å². The molecule has 1 fully saturated rings. The molecule has 2 aliphatic carbocycles. The number of anilines is 1. The van der Waals surface area contributed by atoms with Gasteiger partial charge in [-0.05, 0) is 84.7 Å². The Hall–Kier alpha value is -3.53. The standard InChI is InChI=1S/C31H30ClFN4O3S/c1-36-15-14-34-30(36)19-37(31(38)27-18-26(27)24-9-2-3-10-28(24)32)22-13-12-20-6-4-11-29(25(20)17-22)35-41(39,40)23-8-5-7-21(33)16-23/h2-3,5,7-10,12-17,26-27,29,35H,4,6,11,18-19H2,1H3/t26-,27-,29+/m1/s1. The molecule has 1 aromatic heterocycles. The molecule has 3 aromatic carbocycles. The fourth-order valence-corrected chi connectivity index (χ4v) is 7.30. The van der Waals surface area contributed by atoms with Crippen molar-refractivity contribution in [2.75, 3.05) is 4.90 Å². The summed E-state index contributed by atoms with van der Waals surface area (Å²) in [5, 5.41) is 0.658. The summed E-state index contributed by atoms with van der Waals surface area (Å²) >= 11 is 6.45. The summed E-state index contributed by atoms with van der Waals surface area (Å²) in [6.07, 6.45) is 6.45. The number of hydrogen-bond donors (Lipinski definition) is 1. The topological polar surface area (TPSA) is 84.3 Å². The molecular weight excluding hydrogens is 563 g/mol. The second kappa shape index (κ2) is 11.0. The number of sulfonamides is 1.